The largest absolute Gasteiger partial charge is 0.468 e. The average molecular weight is 239 g/mol. The lowest BCUT2D eigenvalue weighted by Crippen LogP contribution is -2.54. The molecular weight excluding hydrogens is 214 g/mol. The molecule has 0 bridgehead atoms. The first kappa shape index (κ1) is 12.9. The number of carbonyl (C=O) groups is 1. The Bertz CT molecular complexity index is 273. The first-order valence-corrected chi connectivity index (χ1v) is 7.06. The van der Waals surface area contributed by atoms with Crippen molar-refractivity contribution in [3.63, 3.8) is 0 Å². The van der Waals surface area contributed by atoms with Gasteiger partial charge in [0.05, 0.1) is 7.11 Å². The first-order chi connectivity index (χ1) is 8.20. The smallest absolute Gasteiger partial charge is 0.326 e. The number of rotatable bonds is 4. The van der Waals surface area contributed by atoms with Crippen molar-refractivity contribution in [3.05, 3.63) is 0 Å². The van der Waals surface area contributed by atoms with Crippen molar-refractivity contribution >= 4 is 5.97 Å². The number of carbonyl (C=O) groups excluding carboxylic acids is 1. The molecule has 2 unspecified atom stereocenters. The molecule has 0 aromatic heterocycles. The second kappa shape index (κ2) is 5.38. The highest BCUT2D eigenvalue weighted by Gasteiger charge is 2.46. The quantitative estimate of drug-likeness (QED) is 0.766. The SMILES string of the molecule is CCC1CCC(NC2CCCC2)(C(=O)OC)C1. The summed E-state index contributed by atoms with van der Waals surface area (Å²) in [5, 5.41) is 3.63. The van der Waals surface area contributed by atoms with Gasteiger partial charge in [-0.05, 0) is 38.0 Å². The number of ether oxygens (including phenoxy) is 1. The number of hydrogen-bond donors (Lipinski definition) is 1. The van der Waals surface area contributed by atoms with Crippen LogP contribution in [0.4, 0.5) is 0 Å². The Balaban J connectivity index is 2.04. The summed E-state index contributed by atoms with van der Waals surface area (Å²) in [6.45, 7) is 2.22. The van der Waals surface area contributed by atoms with Crippen molar-refractivity contribution in [1.82, 2.24) is 5.32 Å². The van der Waals surface area contributed by atoms with E-state index in [0.29, 0.717) is 12.0 Å². The normalized spacial score (nSPS) is 34.1. The molecule has 17 heavy (non-hydrogen) atoms. The third-order valence-electron chi connectivity index (χ3n) is 4.61. The number of nitrogens with one attached hydrogen (secondary N) is 1. The number of methoxy groups -OCH3 is 1. The summed E-state index contributed by atoms with van der Waals surface area (Å²) >= 11 is 0. The summed E-state index contributed by atoms with van der Waals surface area (Å²) in [4.78, 5) is 12.1. The first-order valence-electron chi connectivity index (χ1n) is 7.06. The average Bonchev–Trinajstić information content (AvgIpc) is 2.98. The van der Waals surface area contributed by atoms with Crippen molar-refractivity contribution in [3.8, 4) is 0 Å². The molecule has 0 radical (unpaired) electrons. The molecule has 0 heterocycles. The maximum Gasteiger partial charge on any atom is 0.326 e. The zero-order chi connectivity index (χ0) is 12.3. The van der Waals surface area contributed by atoms with Gasteiger partial charge in [-0.2, -0.15) is 0 Å². The molecule has 3 nitrogen and oxygen atoms in total. The van der Waals surface area contributed by atoms with Crippen molar-refractivity contribution in [1.29, 1.82) is 0 Å². The lowest BCUT2D eigenvalue weighted by Gasteiger charge is -2.31. The summed E-state index contributed by atoms with van der Waals surface area (Å²) in [6.07, 6.45) is 9.28. The second-order valence-corrected chi connectivity index (χ2v) is 5.72. The van der Waals surface area contributed by atoms with Crippen LogP contribution in [-0.4, -0.2) is 24.7 Å². The molecule has 0 aliphatic heterocycles. The molecule has 2 atom stereocenters. The molecule has 2 aliphatic carbocycles. The molecule has 2 rings (SSSR count). The Morgan fingerprint density at radius 3 is 2.59 bits per heavy atom. The summed E-state index contributed by atoms with van der Waals surface area (Å²) < 4.78 is 5.04. The van der Waals surface area contributed by atoms with Gasteiger partial charge in [0, 0.05) is 6.04 Å². The topological polar surface area (TPSA) is 38.3 Å². The minimum absolute atomic E-state index is 0.0413. The fourth-order valence-corrected chi connectivity index (χ4v) is 3.53. The lowest BCUT2D eigenvalue weighted by molar-refractivity contribution is -0.149. The molecule has 98 valence electrons. The van der Waals surface area contributed by atoms with Gasteiger partial charge in [-0.1, -0.05) is 26.2 Å². The molecule has 0 amide bonds. The van der Waals surface area contributed by atoms with Crippen LogP contribution in [0.5, 0.6) is 0 Å². The van der Waals surface area contributed by atoms with Crippen LogP contribution in [0.1, 0.15) is 58.3 Å². The zero-order valence-corrected chi connectivity index (χ0v) is 11.1. The molecule has 0 saturated heterocycles. The maximum absolute atomic E-state index is 12.1. The van der Waals surface area contributed by atoms with Gasteiger partial charge in [0.25, 0.3) is 0 Å². The van der Waals surface area contributed by atoms with Crippen molar-refractivity contribution in [2.45, 2.75) is 69.9 Å². The summed E-state index contributed by atoms with van der Waals surface area (Å²) in [6, 6.07) is 0.532. The maximum atomic E-state index is 12.1. The van der Waals surface area contributed by atoms with Gasteiger partial charge in [0.2, 0.25) is 0 Å². The van der Waals surface area contributed by atoms with Crippen molar-refractivity contribution in [2.24, 2.45) is 5.92 Å². The molecule has 0 spiro atoms. The molecule has 2 aliphatic rings. The van der Waals surface area contributed by atoms with E-state index in [-0.39, 0.29) is 11.5 Å². The highest BCUT2D eigenvalue weighted by atomic mass is 16.5. The molecule has 2 fully saturated rings. The Morgan fingerprint density at radius 1 is 1.35 bits per heavy atom. The molecule has 0 aromatic carbocycles. The molecule has 1 N–H and O–H groups in total. The van der Waals surface area contributed by atoms with Crippen molar-refractivity contribution in [2.75, 3.05) is 7.11 Å². The van der Waals surface area contributed by atoms with Crippen LogP contribution in [0.3, 0.4) is 0 Å². The Morgan fingerprint density at radius 2 is 2.06 bits per heavy atom. The number of esters is 1. The standard InChI is InChI=1S/C14H25NO2/c1-3-11-8-9-14(10-11,13(16)17-2)15-12-6-4-5-7-12/h11-12,15H,3-10H2,1-2H3. The van der Waals surface area contributed by atoms with Crippen LogP contribution in [0.2, 0.25) is 0 Å². The third-order valence-corrected chi connectivity index (χ3v) is 4.61. The van der Waals surface area contributed by atoms with E-state index in [1.54, 1.807) is 0 Å². The van der Waals surface area contributed by atoms with Gasteiger partial charge in [0.15, 0.2) is 0 Å². The minimum atomic E-state index is -0.371. The summed E-state index contributed by atoms with van der Waals surface area (Å²) in [5.41, 5.74) is -0.371. The van der Waals surface area contributed by atoms with Gasteiger partial charge in [0.1, 0.15) is 5.54 Å². The summed E-state index contributed by atoms with van der Waals surface area (Å²) in [7, 11) is 1.51. The van der Waals surface area contributed by atoms with Crippen LogP contribution >= 0.6 is 0 Å². The van der Waals surface area contributed by atoms with Gasteiger partial charge in [-0.15, -0.1) is 0 Å². The van der Waals surface area contributed by atoms with E-state index in [0.717, 1.165) is 19.3 Å². The van der Waals surface area contributed by atoms with Crippen LogP contribution in [0, 0.1) is 5.92 Å². The Kier molecular flexibility index (Phi) is 4.08. The van der Waals surface area contributed by atoms with E-state index in [9.17, 15) is 4.79 Å². The number of hydrogen-bond acceptors (Lipinski definition) is 3. The van der Waals surface area contributed by atoms with E-state index in [4.69, 9.17) is 4.74 Å². The van der Waals surface area contributed by atoms with E-state index >= 15 is 0 Å². The monoisotopic (exact) mass is 239 g/mol. The van der Waals surface area contributed by atoms with Crippen LogP contribution < -0.4 is 5.32 Å². The predicted octanol–water partition coefficient (Wildman–Crippen LogP) is 2.64. The predicted molar refractivity (Wildman–Crippen MR) is 67.8 cm³/mol. The lowest BCUT2D eigenvalue weighted by atomic mass is 9.93. The van der Waals surface area contributed by atoms with Gasteiger partial charge in [-0.25, -0.2) is 0 Å². The van der Waals surface area contributed by atoms with E-state index in [1.165, 1.54) is 39.2 Å². The van der Waals surface area contributed by atoms with E-state index in [2.05, 4.69) is 12.2 Å². The fourth-order valence-electron chi connectivity index (χ4n) is 3.53. The van der Waals surface area contributed by atoms with E-state index in [1.807, 2.05) is 0 Å². The fraction of sp³-hybridized carbons (Fsp3) is 0.929. The minimum Gasteiger partial charge on any atom is -0.468 e. The van der Waals surface area contributed by atoms with Crippen LogP contribution in [0.25, 0.3) is 0 Å². The Hall–Kier alpha value is -0.570. The Labute approximate surface area is 104 Å². The second-order valence-electron chi connectivity index (χ2n) is 5.72. The van der Waals surface area contributed by atoms with E-state index < -0.39 is 0 Å². The molecular formula is C14H25NO2. The van der Waals surface area contributed by atoms with Crippen LogP contribution in [0.15, 0.2) is 0 Å². The van der Waals surface area contributed by atoms with Gasteiger partial charge < -0.3 is 4.74 Å². The molecule has 2 saturated carbocycles. The highest BCUT2D eigenvalue weighted by molar-refractivity contribution is 5.81. The zero-order valence-electron chi connectivity index (χ0n) is 11.1. The van der Waals surface area contributed by atoms with Gasteiger partial charge in [-0.3, -0.25) is 10.1 Å². The van der Waals surface area contributed by atoms with Gasteiger partial charge >= 0.3 is 5.97 Å². The van der Waals surface area contributed by atoms with Crippen molar-refractivity contribution < 1.29 is 9.53 Å². The highest BCUT2D eigenvalue weighted by Crippen LogP contribution is 2.38. The molecule has 0 aromatic rings. The third kappa shape index (κ3) is 2.65. The summed E-state index contributed by atoms with van der Waals surface area (Å²) in [5.74, 6) is 0.642. The molecule has 3 heteroatoms. The van der Waals surface area contributed by atoms with Crippen LogP contribution in [-0.2, 0) is 9.53 Å².